The van der Waals surface area contributed by atoms with E-state index in [1.807, 2.05) is 20.8 Å². The topological polar surface area (TPSA) is 71.0 Å². The zero-order valence-electron chi connectivity index (χ0n) is 11.7. The van der Waals surface area contributed by atoms with Gasteiger partial charge in [0.1, 0.15) is 5.60 Å². The van der Waals surface area contributed by atoms with Crippen molar-refractivity contribution in [1.29, 1.82) is 0 Å². The lowest BCUT2D eigenvalue weighted by Gasteiger charge is -2.33. The van der Waals surface area contributed by atoms with Crippen LogP contribution in [-0.4, -0.2) is 41.3 Å². The minimum atomic E-state index is -0.459. The minimum absolute atomic E-state index is 0.0374. The number of ether oxygens (including phenoxy) is 1. The van der Waals surface area contributed by atoms with E-state index in [0.717, 1.165) is 18.6 Å². The van der Waals surface area contributed by atoms with Gasteiger partial charge in [-0.3, -0.25) is 4.79 Å². The molecule has 106 valence electrons. The lowest BCUT2D eigenvalue weighted by Crippen LogP contribution is -2.42. The molecule has 2 rings (SSSR count). The third-order valence-electron chi connectivity index (χ3n) is 3.28. The molecule has 0 aromatic rings. The third kappa shape index (κ3) is 3.68. The van der Waals surface area contributed by atoms with E-state index >= 15 is 0 Å². The molecule has 2 aliphatic heterocycles. The van der Waals surface area contributed by atoms with Gasteiger partial charge in [-0.25, -0.2) is 10.2 Å². The molecule has 0 unspecified atom stereocenters. The number of nitrogens with zero attached hydrogens (tertiary/aromatic N) is 2. The van der Waals surface area contributed by atoms with Crippen molar-refractivity contribution in [2.24, 2.45) is 11.0 Å². The Bertz CT molecular complexity index is 404. The van der Waals surface area contributed by atoms with Gasteiger partial charge in [-0.2, -0.15) is 5.10 Å². The zero-order chi connectivity index (χ0) is 14.0. The van der Waals surface area contributed by atoms with Crippen LogP contribution >= 0.6 is 0 Å². The van der Waals surface area contributed by atoms with Crippen LogP contribution in [0.3, 0.4) is 0 Å². The predicted molar refractivity (Wildman–Crippen MR) is 70.7 cm³/mol. The van der Waals surface area contributed by atoms with Gasteiger partial charge in [-0.15, -0.1) is 0 Å². The number of hydrazone groups is 1. The normalized spacial score (nSPS) is 21.1. The van der Waals surface area contributed by atoms with E-state index in [9.17, 15) is 9.59 Å². The van der Waals surface area contributed by atoms with Crippen molar-refractivity contribution in [2.45, 2.75) is 45.6 Å². The molecular formula is C13H21N3O3. The molecule has 2 amide bonds. The molecule has 1 N–H and O–H groups in total. The molecule has 2 heterocycles. The summed E-state index contributed by atoms with van der Waals surface area (Å²) in [5.41, 5.74) is 2.94. The fourth-order valence-electron chi connectivity index (χ4n) is 2.34. The Labute approximate surface area is 113 Å². The van der Waals surface area contributed by atoms with Gasteiger partial charge in [0.2, 0.25) is 5.91 Å². The number of likely N-dealkylation sites (tertiary alicyclic amines) is 1. The van der Waals surface area contributed by atoms with Gasteiger partial charge in [0.05, 0.1) is 12.1 Å². The molecular weight excluding hydrogens is 246 g/mol. The maximum absolute atomic E-state index is 11.9. The first-order valence-corrected chi connectivity index (χ1v) is 6.68. The Morgan fingerprint density at radius 3 is 2.47 bits per heavy atom. The first-order chi connectivity index (χ1) is 8.85. The van der Waals surface area contributed by atoms with Gasteiger partial charge in [0, 0.05) is 19.0 Å². The van der Waals surface area contributed by atoms with E-state index in [2.05, 4.69) is 10.5 Å². The van der Waals surface area contributed by atoms with Crippen molar-refractivity contribution in [3.8, 4) is 0 Å². The molecule has 0 bridgehead atoms. The maximum Gasteiger partial charge on any atom is 0.410 e. The Morgan fingerprint density at radius 1 is 1.37 bits per heavy atom. The van der Waals surface area contributed by atoms with Crippen molar-refractivity contribution in [3.05, 3.63) is 0 Å². The van der Waals surface area contributed by atoms with Crippen molar-refractivity contribution >= 4 is 17.7 Å². The van der Waals surface area contributed by atoms with E-state index in [1.165, 1.54) is 0 Å². The smallest absolute Gasteiger partial charge is 0.410 e. The van der Waals surface area contributed by atoms with Crippen LogP contribution in [0.5, 0.6) is 0 Å². The summed E-state index contributed by atoms with van der Waals surface area (Å²) in [4.78, 5) is 24.7. The highest BCUT2D eigenvalue weighted by atomic mass is 16.6. The van der Waals surface area contributed by atoms with Gasteiger partial charge in [0.25, 0.3) is 0 Å². The van der Waals surface area contributed by atoms with Crippen molar-refractivity contribution in [3.63, 3.8) is 0 Å². The van der Waals surface area contributed by atoms with Crippen LogP contribution in [0.4, 0.5) is 4.79 Å². The summed E-state index contributed by atoms with van der Waals surface area (Å²) < 4.78 is 5.35. The average Bonchev–Trinajstić information content (AvgIpc) is 2.74. The summed E-state index contributed by atoms with van der Waals surface area (Å²) in [6.45, 7) is 6.91. The number of nitrogens with one attached hydrogen (secondary N) is 1. The first kappa shape index (κ1) is 13.8. The highest BCUT2D eigenvalue weighted by Gasteiger charge is 2.31. The molecule has 0 atom stereocenters. The van der Waals surface area contributed by atoms with E-state index in [-0.39, 0.29) is 12.0 Å². The molecule has 0 aliphatic carbocycles. The number of amides is 2. The SMILES string of the molecule is CC(C)(C)OC(=O)N1CCC(C2=NNC(=O)C2)CC1. The molecule has 0 spiro atoms. The summed E-state index contributed by atoms with van der Waals surface area (Å²) in [6.07, 6.45) is 1.82. The van der Waals surface area contributed by atoms with Gasteiger partial charge in [-0.1, -0.05) is 0 Å². The van der Waals surface area contributed by atoms with Crippen LogP contribution in [0.25, 0.3) is 0 Å². The van der Waals surface area contributed by atoms with E-state index in [4.69, 9.17) is 4.74 Å². The molecule has 6 heteroatoms. The monoisotopic (exact) mass is 267 g/mol. The molecule has 0 aromatic carbocycles. The molecule has 1 fully saturated rings. The highest BCUT2D eigenvalue weighted by Crippen LogP contribution is 2.23. The zero-order valence-corrected chi connectivity index (χ0v) is 11.7. The van der Waals surface area contributed by atoms with Crippen LogP contribution in [0, 0.1) is 5.92 Å². The Kier molecular flexibility index (Phi) is 3.78. The molecule has 0 aromatic heterocycles. The largest absolute Gasteiger partial charge is 0.444 e. The van der Waals surface area contributed by atoms with Crippen LogP contribution in [-0.2, 0) is 9.53 Å². The fourth-order valence-corrected chi connectivity index (χ4v) is 2.34. The predicted octanol–water partition coefficient (Wildman–Crippen LogP) is 1.51. The Balaban J connectivity index is 1.82. The fraction of sp³-hybridized carbons (Fsp3) is 0.769. The second-order valence-corrected chi connectivity index (χ2v) is 6.06. The molecule has 2 aliphatic rings. The summed E-state index contributed by atoms with van der Waals surface area (Å²) >= 11 is 0. The molecule has 0 radical (unpaired) electrons. The van der Waals surface area contributed by atoms with Gasteiger partial charge >= 0.3 is 6.09 Å². The first-order valence-electron chi connectivity index (χ1n) is 6.68. The molecule has 1 saturated heterocycles. The Morgan fingerprint density at radius 2 is 2.00 bits per heavy atom. The standard InChI is InChI=1S/C13H21N3O3/c1-13(2,3)19-12(18)16-6-4-9(5-7-16)10-8-11(17)15-14-10/h9H,4-8H2,1-3H3,(H,15,17). The van der Waals surface area contributed by atoms with Gasteiger partial charge in [0.15, 0.2) is 0 Å². The highest BCUT2D eigenvalue weighted by molar-refractivity contribution is 6.06. The summed E-state index contributed by atoms with van der Waals surface area (Å²) in [5.74, 6) is 0.266. The lowest BCUT2D eigenvalue weighted by molar-refractivity contribution is -0.119. The summed E-state index contributed by atoms with van der Waals surface area (Å²) in [6, 6.07) is 0. The van der Waals surface area contributed by atoms with E-state index in [0.29, 0.717) is 25.4 Å². The third-order valence-corrected chi connectivity index (χ3v) is 3.28. The van der Waals surface area contributed by atoms with Crippen LogP contribution < -0.4 is 5.43 Å². The van der Waals surface area contributed by atoms with Crippen molar-refractivity contribution < 1.29 is 14.3 Å². The maximum atomic E-state index is 11.9. The number of carbonyl (C=O) groups is 2. The molecule has 19 heavy (non-hydrogen) atoms. The van der Waals surface area contributed by atoms with Gasteiger partial charge < -0.3 is 9.64 Å². The van der Waals surface area contributed by atoms with Crippen molar-refractivity contribution in [1.82, 2.24) is 10.3 Å². The minimum Gasteiger partial charge on any atom is -0.444 e. The molecule has 0 saturated carbocycles. The second kappa shape index (κ2) is 5.19. The van der Waals surface area contributed by atoms with Crippen LogP contribution in [0.2, 0.25) is 0 Å². The van der Waals surface area contributed by atoms with Gasteiger partial charge in [-0.05, 0) is 33.6 Å². The number of piperidine rings is 1. The van der Waals surface area contributed by atoms with Crippen LogP contribution in [0.15, 0.2) is 5.10 Å². The second-order valence-electron chi connectivity index (χ2n) is 6.06. The molecule has 6 nitrogen and oxygen atoms in total. The number of hydrogen-bond donors (Lipinski definition) is 1. The number of hydrogen-bond acceptors (Lipinski definition) is 4. The average molecular weight is 267 g/mol. The van der Waals surface area contributed by atoms with E-state index in [1.54, 1.807) is 4.90 Å². The number of carbonyl (C=O) groups excluding carboxylic acids is 2. The lowest BCUT2D eigenvalue weighted by atomic mass is 9.91. The van der Waals surface area contributed by atoms with Crippen molar-refractivity contribution in [2.75, 3.05) is 13.1 Å². The quantitative estimate of drug-likeness (QED) is 0.782. The summed E-state index contributed by atoms with van der Waals surface area (Å²) in [5, 5.41) is 4.05. The van der Waals surface area contributed by atoms with E-state index < -0.39 is 5.60 Å². The number of rotatable bonds is 1. The Hall–Kier alpha value is -1.59. The van der Waals surface area contributed by atoms with Crippen LogP contribution in [0.1, 0.15) is 40.0 Å². The summed E-state index contributed by atoms with van der Waals surface area (Å²) in [7, 11) is 0.